The molecule has 3 N–H and O–H groups in total. The first-order valence-corrected chi connectivity index (χ1v) is 5.18. The topological polar surface area (TPSA) is 64.4 Å². The third-order valence-corrected chi connectivity index (χ3v) is 2.05. The van der Waals surface area contributed by atoms with Crippen LogP contribution >= 0.6 is 0 Å². The molecule has 1 atom stereocenters. The lowest BCUT2D eigenvalue weighted by atomic mass is 10.2. The summed E-state index contributed by atoms with van der Waals surface area (Å²) in [6, 6.07) is 4.14. The molecule has 0 radical (unpaired) electrons. The van der Waals surface area contributed by atoms with E-state index in [9.17, 15) is 18.0 Å². The minimum Gasteiger partial charge on any atom is -0.404 e. The van der Waals surface area contributed by atoms with Gasteiger partial charge in [-0.1, -0.05) is 12.1 Å². The van der Waals surface area contributed by atoms with Crippen molar-refractivity contribution in [1.29, 1.82) is 0 Å². The van der Waals surface area contributed by atoms with Crippen LogP contribution in [-0.2, 0) is 4.79 Å². The molecule has 7 heteroatoms. The highest BCUT2D eigenvalue weighted by Crippen LogP contribution is 2.29. The molecule has 19 heavy (non-hydrogen) atoms. The molecule has 1 amide bonds. The summed E-state index contributed by atoms with van der Waals surface area (Å²) in [7, 11) is 0. The number of alkyl halides is 3. The van der Waals surface area contributed by atoms with Crippen molar-refractivity contribution >= 4 is 11.6 Å². The van der Waals surface area contributed by atoms with Crippen LogP contribution in [0.4, 0.5) is 18.9 Å². The number of hydrogen-bond donors (Lipinski definition) is 2. The molecule has 0 aliphatic heterocycles. The molecule has 0 aliphatic rings. The summed E-state index contributed by atoms with van der Waals surface area (Å²) in [6.07, 6.45) is 0.125. The van der Waals surface area contributed by atoms with Crippen molar-refractivity contribution in [3.63, 3.8) is 0 Å². The fourth-order valence-electron chi connectivity index (χ4n) is 1.23. The van der Waals surface area contributed by atoms with Gasteiger partial charge in [0.2, 0.25) is 5.91 Å². The molecule has 1 aromatic rings. The third kappa shape index (κ3) is 4.89. The lowest BCUT2D eigenvalue weighted by Gasteiger charge is -2.15. The summed E-state index contributed by atoms with van der Waals surface area (Å²) >= 11 is 0. The Morgan fingerprint density at radius 2 is 2.11 bits per heavy atom. The predicted molar refractivity (Wildman–Crippen MR) is 63.2 cm³/mol. The van der Waals surface area contributed by atoms with Crippen molar-refractivity contribution in [2.75, 3.05) is 5.32 Å². The number of anilines is 1. The number of nitrogens with one attached hydrogen (secondary N) is 1. The zero-order valence-electron chi connectivity index (χ0n) is 9.70. The summed E-state index contributed by atoms with van der Waals surface area (Å²) in [6.45, 7) is 0. The van der Waals surface area contributed by atoms with Gasteiger partial charge in [-0.2, -0.15) is 0 Å². The summed E-state index contributed by atoms with van der Waals surface area (Å²) in [5, 5.41) is 2.23. The standard InChI is InChI=1S/C12H11F3N2O2/c1-2-5-8(16)11(18)17-9-6-3-4-7-10(9)19-12(13,14)15/h1,3-4,6-8H,5,16H2,(H,17,18). The van der Waals surface area contributed by atoms with E-state index in [1.54, 1.807) is 0 Å². The van der Waals surface area contributed by atoms with Gasteiger partial charge in [-0.15, -0.1) is 25.5 Å². The van der Waals surface area contributed by atoms with E-state index in [1.807, 2.05) is 0 Å². The van der Waals surface area contributed by atoms with Crippen molar-refractivity contribution in [3.8, 4) is 18.1 Å². The molecule has 0 bridgehead atoms. The van der Waals surface area contributed by atoms with E-state index < -0.39 is 24.1 Å². The van der Waals surface area contributed by atoms with Crippen LogP contribution in [0.2, 0.25) is 0 Å². The molecule has 0 spiro atoms. The number of terminal acetylenes is 1. The third-order valence-electron chi connectivity index (χ3n) is 2.05. The molecular formula is C12H11F3N2O2. The van der Waals surface area contributed by atoms with Gasteiger partial charge in [-0.05, 0) is 12.1 Å². The molecule has 0 aliphatic carbocycles. The molecule has 0 fully saturated rings. The second-order valence-corrected chi connectivity index (χ2v) is 3.55. The number of para-hydroxylation sites is 2. The van der Waals surface area contributed by atoms with Crippen LogP contribution in [-0.4, -0.2) is 18.3 Å². The molecule has 1 rings (SSSR count). The Balaban J connectivity index is 2.84. The van der Waals surface area contributed by atoms with E-state index in [0.29, 0.717) is 0 Å². The number of amides is 1. The number of carbonyl (C=O) groups is 1. The summed E-state index contributed by atoms with van der Waals surface area (Å²) in [4.78, 5) is 11.6. The van der Waals surface area contributed by atoms with Gasteiger partial charge in [0.25, 0.3) is 0 Å². The quantitative estimate of drug-likeness (QED) is 0.822. The van der Waals surface area contributed by atoms with Gasteiger partial charge in [0, 0.05) is 6.42 Å². The highest BCUT2D eigenvalue weighted by molar-refractivity contribution is 5.96. The molecule has 1 aromatic carbocycles. The molecule has 1 unspecified atom stereocenters. The van der Waals surface area contributed by atoms with Gasteiger partial charge in [0.1, 0.15) is 0 Å². The van der Waals surface area contributed by atoms with Crippen LogP contribution in [0.3, 0.4) is 0 Å². The van der Waals surface area contributed by atoms with E-state index in [0.717, 1.165) is 6.07 Å². The second-order valence-electron chi connectivity index (χ2n) is 3.55. The summed E-state index contributed by atoms with van der Waals surface area (Å²) in [5.41, 5.74) is 5.31. The Labute approximate surface area is 107 Å². The smallest absolute Gasteiger partial charge is 0.404 e. The van der Waals surface area contributed by atoms with E-state index >= 15 is 0 Å². The van der Waals surface area contributed by atoms with Gasteiger partial charge in [0.15, 0.2) is 5.75 Å². The minimum atomic E-state index is -4.85. The lowest BCUT2D eigenvalue weighted by Crippen LogP contribution is -2.35. The second kappa shape index (κ2) is 6.11. The van der Waals surface area contributed by atoms with E-state index in [1.165, 1.54) is 18.2 Å². The number of halogens is 3. The number of benzene rings is 1. The number of ether oxygens (including phenoxy) is 1. The van der Waals surface area contributed by atoms with Crippen molar-refractivity contribution in [2.24, 2.45) is 5.73 Å². The van der Waals surface area contributed by atoms with Crippen LogP contribution in [0.5, 0.6) is 5.75 Å². The van der Waals surface area contributed by atoms with Gasteiger partial charge in [0.05, 0.1) is 11.7 Å². The fraction of sp³-hybridized carbons (Fsp3) is 0.250. The van der Waals surface area contributed by atoms with Crippen LogP contribution in [0.15, 0.2) is 24.3 Å². The highest BCUT2D eigenvalue weighted by Gasteiger charge is 2.32. The average Bonchev–Trinajstić information content (AvgIpc) is 2.30. The van der Waals surface area contributed by atoms with Crippen LogP contribution < -0.4 is 15.8 Å². The van der Waals surface area contributed by atoms with Crippen LogP contribution in [0, 0.1) is 12.3 Å². The van der Waals surface area contributed by atoms with Crippen molar-refractivity contribution in [3.05, 3.63) is 24.3 Å². The summed E-state index contributed by atoms with van der Waals surface area (Å²) in [5.74, 6) is 0.988. The Morgan fingerprint density at radius 1 is 1.47 bits per heavy atom. The summed E-state index contributed by atoms with van der Waals surface area (Å²) < 4.78 is 40.2. The zero-order valence-corrected chi connectivity index (χ0v) is 9.70. The number of carbonyl (C=O) groups excluding carboxylic acids is 1. The van der Waals surface area contributed by atoms with Gasteiger partial charge >= 0.3 is 6.36 Å². The molecule has 4 nitrogen and oxygen atoms in total. The van der Waals surface area contributed by atoms with Crippen molar-refractivity contribution in [2.45, 2.75) is 18.8 Å². The Kier molecular flexibility index (Phi) is 4.78. The molecular weight excluding hydrogens is 261 g/mol. The van der Waals surface area contributed by atoms with Crippen LogP contribution in [0.1, 0.15) is 6.42 Å². The van der Waals surface area contributed by atoms with Gasteiger partial charge in [-0.3, -0.25) is 4.79 Å². The van der Waals surface area contributed by atoms with Gasteiger partial charge < -0.3 is 15.8 Å². The average molecular weight is 272 g/mol. The Bertz CT molecular complexity index is 494. The molecule has 102 valence electrons. The minimum absolute atomic E-state index is 0.0197. The number of nitrogens with two attached hydrogens (primary N) is 1. The molecule has 0 saturated heterocycles. The number of hydrogen-bond acceptors (Lipinski definition) is 3. The van der Waals surface area contributed by atoms with E-state index in [-0.39, 0.29) is 12.1 Å². The maximum Gasteiger partial charge on any atom is 0.573 e. The largest absolute Gasteiger partial charge is 0.573 e. The SMILES string of the molecule is C#CCC(N)C(=O)Nc1ccccc1OC(F)(F)F. The first-order valence-electron chi connectivity index (χ1n) is 5.18. The fourth-order valence-corrected chi connectivity index (χ4v) is 1.23. The molecule has 0 aromatic heterocycles. The van der Waals surface area contributed by atoms with Gasteiger partial charge in [-0.25, -0.2) is 0 Å². The highest BCUT2D eigenvalue weighted by atomic mass is 19.4. The van der Waals surface area contributed by atoms with E-state index in [4.69, 9.17) is 12.2 Å². The first-order chi connectivity index (χ1) is 8.83. The lowest BCUT2D eigenvalue weighted by molar-refractivity contribution is -0.274. The van der Waals surface area contributed by atoms with Crippen molar-refractivity contribution in [1.82, 2.24) is 0 Å². The number of rotatable bonds is 4. The molecule has 0 heterocycles. The Morgan fingerprint density at radius 3 is 2.68 bits per heavy atom. The maximum absolute atomic E-state index is 12.2. The van der Waals surface area contributed by atoms with E-state index in [2.05, 4.69) is 16.0 Å². The predicted octanol–water partition coefficient (Wildman–Crippen LogP) is 1.87. The van der Waals surface area contributed by atoms with Crippen LogP contribution in [0.25, 0.3) is 0 Å². The molecule has 0 saturated carbocycles. The normalized spacial score (nSPS) is 12.4. The zero-order chi connectivity index (χ0) is 14.5. The van der Waals surface area contributed by atoms with Crippen molar-refractivity contribution < 1.29 is 22.7 Å². The Hall–Kier alpha value is -2.20. The monoisotopic (exact) mass is 272 g/mol. The first kappa shape index (κ1) is 14.9. The maximum atomic E-state index is 12.2.